The number of likely N-dealkylation sites (N-methyl/N-ethyl adjacent to an activating group) is 2. The van der Waals surface area contributed by atoms with E-state index in [2.05, 4.69) is 38.2 Å². The molecule has 1 heterocycles. The van der Waals surface area contributed by atoms with Crippen LogP contribution in [-0.4, -0.2) is 38.0 Å². The molecular formula is C19H27ClN2O2. The Morgan fingerprint density at radius 2 is 1.75 bits per heavy atom. The van der Waals surface area contributed by atoms with Gasteiger partial charge in [0.05, 0.1) is 0 Å². The molecule has 0 aliphatic rings. The van der Waals surface area contributed by atoms with E-state index in [1.54, 1.807) is 18.0 Å². The molecule has 0 aliphatic carbocycles. The highest BCUT2D eigenvalue weighted by Gasteiger charge is 2.17. The Bertz CT molecular complexity index is 657. The normalized spacial score (nSPS) is 11.0. The minimum absolute atomic E-state index is 0. The van der Waals surface area contributed by atoms with Gasteiger partial charge in [0.15, 0.2) is 5.76 Å². The summed E-state index contributed by atoms with van der Waals surface area (Å²) in [6, 6.07) is 11.9. The molecule has 0 atom stereocenters. The van der Waals surface area contributed by atoms with Crippen molar-refractivity contribution in [3.63, 3.8) is 0 Å². The summed E-state index contributed by atoms with van der Waals surface area (Å²) in [6.07, 6.45) is 0. The summed E-state index contributed by atoms with van der Waals surface area (Å²) >= 11 is 0. The van der Waals surface area contributed by atoms with E-state index in [4.69, 9.17) is 4.42 Å². The summed E-state index contributed by atoms with van der Waals surface area (Å²) in [6.45, 7) is 7.96. The van der Waals surface area contributed by atoms with Crippen molar-refractivity contribution in [1.82, 2.24) is 10.2 Å². The molecule has 0 spiro atoms. The Morgan fingerprint density at radius 3 is 2.29 bits per heavy atom. The third-order valence-electron chi connectivity index (χ3n) is 3.90. The Hall–Kier alpha value is -1.78. The van der Waals surface area contributed by atoms with Crippen LogP contribution in [0.5, 0.6) is 0 Å². The van der Waals surface area contributed by atoms with Crippen molar-refractivity contribution in [2.45, 2.75) is 26.2 Å². The van der Waals surface area contributed by atoms with Gasteiger partial charge in [-0.3, -0.25) is 4.79 Å². The third kappa shape index (κ3) is 4.86. The number of rotatable bonds is 5. The zero-order valence-corrected chi connectivity index (χ0v) is 15.9. The van der Waals surface area contributed by atoms with Gasteiger partial charge >= 0.3 is 0 Å². The van der Waals surface area contributed by atoms with Crippen molar-refractivity contribution < 1.29 is 9.21 Å². The van der Waals surface area contributed by atoms with Gasteiger partial charge in [0.2, 0.25) is 0 Å². The summed E-state index contributed by atoms with van der Waals surface area (Å²) in [7, 11) is 3.64. The van der Waals surface area contributed by atoms with E-state index in [1.165, 1.54) is 5.56 Å². The molecule has 0 saturated carbocycles. The van der Waals surface area contributed by atoms with E-state index in [0.717, 1.165) is 17.9 Å². The Morgan fingerprint density at radius 1 is 1.12 bits per heavy atom. The van der Waals surface area contributed by atoms with Crippen LogP contribution in [0.2, 0.25) is 0 Å². The number of carbonyl (C=O) groups is 1. The summed E-state index contributed by atoms with van der Waals surface area (Å²) in [5.74, 6) is 0.993. The molecule has 5 heteroatoms. The van der Waals surface area contributed by atoms with E-state index >= 15 is 0 Å². The lowest BCUT2D eigenvalue weighted by molar-refractivity contribution is 0.0766. The molecule has 132 valence electrons. The standard InChI is InChI=1S/C19H26N2O2.ClH/c1-19(2,3)15-8-6-14(7-9-15)16-10-11-17(23-16)18(22)21(5)13-12-20-4;/h6-11,20H,12-13H2,1-5H3;1H. The van der Waals surface area contributed by atoms with Gasteiger partial charge in [-0.25, -0.2) is 0 Å². The minimum Gasteiger partial charge on any atom is -0.451 e. The number of amides is 1. The molecular weight excluding hydrogens is 324 g/mol. The molecule has 1 aromatic carbocycles. The fraction of sp³-hybridized carbons (Fsp3) is 0.421. The van der Waals surface area contributed by atoms with Crippen LogP contribution in [0.1, 0.15) is 36.9 Å². The maximum atomic E-state index is 12.3. The van der Waals surface area contributed by atoms with E-state index in [-0.39, 0.29) is 23.7 Å². The molecule has 1 amide bonds. The van der Waals surface area contributed by atoms with Gasteiger partial charge in [-0.15, -0.1) is 12.4 Å². The second-order valence-electron chi connectivity index (χ2n) is 6.82. The molecule has 1 N–H and O–H groups in total. The fourth-order valence-electron chi connectivity index (χ4n) is 2.31. The van der Waals surface area contributed by atoms with Crippen molar-refractivity contribution in [3.8, 4) is 11.3 Å². The molecule has 0 radical (unpaired) electrons. The van der Waals surface area contributed by atoms with Crippen molar-refractivity contribution in [1.29, 1.82) is 0 Å². The molecule has 0 fully saturated rings. The van der Waals surface area contributed by atoms with Crippen LogP contribution in [0.15, 0.2) is 40.8 Å². The van der Waals surface area contributed by atoms with Crippen LogP contribution in [0, 0.1) is 0 Å². The van der Waals surface area contributed by atoms with Crippen LogP contribution in [-0.2, 0) is 5.41 Å². The Labute approximate surface area is 150 Å². The molecule has 1 aromatic heterocycles. The summed E-state index contributed by atoms with van der Waals surface area (Å²) in [5.41, 5.74) is 2.38. The number of nitrogens with one attached hydrogen (secondary N) is 1. The number of hydrogen-bond acceptors (Lipinski definition) is 3. The number of nitrogens with zero attached hydrogens (tertiary/aromatic N) is 1. The number of hydrogen-bond donors (Lipinski definition) is 1. The molecule has 24 heavy (non-hydrogen) atoms. The first-order chi connectivity index (χ1) is 10.8. The molecule has 0 aliphatic heterocycles. The van der Waals surface area contributed by atoms with Gasteiger partial charge in [-0.2, -0.15) is 0 Å². The number of benzene rings is 1. The fourth-order valence-corrected chi connectivity index (χ4v) is 2.31. The molecule has 0 bridgehead atoms. The summed E-state index contributed by atoms with van der Waals surface area (Å²) < 4.78 is 5.75. The molecule has 4 nitrogen and oxygen atoms in total. The predicted molar refractivity (Wildman–Crippen MR) is 101 cm³/mol. The monoisotopic (exact) mass is 350 g/mol. The van der Waals surface area contributed by atoms with Crippen LogP contribution in [0.3, 0.4) is 0 Å². The quantitative estimate of drug-likeness (QED) is 0.887. The Kier molecular flexibility index (Phi) is 7.06. The zero-order valence-electron chi connectivity index (χ0n) is 15.1. The van der Waals surface area contributed by atoms with Crippen molar-refractivity contribution >= 4 is 18.3 Å². The first-order valence-corrected chi connectivity index (χ1v) is 7.94. The van der Waals surface area contributed by atoms with Crippen LogP contribution < -0.4 is 5.32 Å². The first kappa shape index (κ1) is 20.3. The number of halogens is 1. The molecule has 2 aromatic rings. The van der Waals surface area contributed by atoms with E-state index < -0.39 is 0 Å². The van der Waals surface area contributed by atoms with Gasteiger partial charge < -0.3 is 14.6 Å². The Balaban J connectivity index is 0.00000288. The van der Waals surface area contributed by atoms with E-state index in [0.29, 0.717) is 12.3 Å². The zero-order chi connectivity index (χ0) is 17.0. The molecule has 0 saturated heterocycles. The molecule has 0 unspecified atom stereocenters. The van der Waals surface area contributed by atoms with Crippen LogP contribution in [0.25, 0.3) is 11.3 Å². The van der Waals surface area contributed by atoms with Gasteiger partial charge in [0.1, 0.15) is 5.76 Å². The van der Waals surface area contributed by atoms with Crippen molar-refractivity contribution in [3.05, 3.63) is 47.7 Å². The van der Waals surface area contributed by atoms with Gasteiger partial charge in [0, 0.05) is 25.7 Å². The smallest absolute Gasteiger partial charge is 0.289 e. The second-order valence-corrected chi connectivity index (χ2v) is 6.82. The highest BCUT2D eigenvalue weighted by molar-refractivity contribution is 5.92. The lowest BCUT2D eigenvalue weighted by Gasteiger charge is -2.18. The first-order valence-electron chi connectivity index (χ1n) is 7.94. The third-order valence-corrected chi connectivity index (χ3v) is 3.90. The van der Waals surface area contributed by atoms with Crippen molar-refractivity contribution in [2.75, 3.05) is 27.2 Å². The second kappa shape index (κ2) is 8.36. The highest BCUT2D eigenvalue weighted by atomic mass is 35.5. The summed E-state index contributed by atoms with van der Waals surface area (Å²) in [5, 5.41) is 3.03. The maximum absolute atomic E-state index is 12.3. The topological polar surface area (TPSA) is 45.5 Å². The molecule has 2 rings (SSSR count). The predicted octanol–water partition coefficient (Wildman–Crippen LogP) is 3.96. The van der Waals surface area contributed by atoms with E-state index in [9.17, 15) is 4.79 Å². The maximum Gasteiger partial charge on any atom is 0.289 e. The van der Waals surface area contributed by atoms with Gasteiger partial charge in [-0.1, -0.05) is 45.0 Å². The average molecular weight is 351 g/mol. The number of carbonyl (C=O) groups excluding carboxylic acids is 1. The largest absolute Gasteiger partial charge is 0.451 e. The van der Waals surface area contributed by atoms with Gasteiger partial charge in [-0.05, 0) is 30.2 Å². The van der Waals surface area contributed by atoms with Gasteiger partial charge in [0.25, 0.3) is 5.91 Å². The van der Waals surface area contributed by atoms with Crippen molar-refractivity contribution in [2.24, 2.45) is 0 Å². The lowest BCUT2D eigenvalue weighted by atomic mass is 9.86. The lowest BCUT2D eigenvalue weighted by Crippen LogP contribution is -2.32. The number of furan rings is 1. The minimum atomic E-state index is -0.0992. The van der Waals surface area contributed by atoms with E-state index in [1.807, 2.05) is 25.2 Å². The van der Waals surface area contributed by atoms with Crippen LogP contribution >= 0.6 is 12.4 Å². The summed E-state index contributed by atoms with van der Waals surface area (Å²) in [4.78, 5) is 13.9. The average Bonchev–Trinajstić information content (AvgIpc) is 3.01. The highest BCUT2D eigenvalue weighted by Crippen LogP contribution is 2.27. The van der Waals surface area contributed by atoms with Crippen LogP contribution in [0.4, 0.5) is 0 Å². The SMILES string of the molecule is CNCCN(C)C(=O)c1ccc(-c2ccc(C(C)(C)C)cc2)o1.Cl.